The predicted octanol–water partition coefficient (Wildman–Crippen LogP) is 0.956. The standard InChI is InChI=1S/C17H21N5O3/c1-22(2)16-19-14(20-17(21-16)24-3)10-18-15(23)13-9-8-11-6-4-5-7-12(11)25-13/h4-7,13H,8-10H2,1-3H3,(H,18,23)/t13-/m0/s1. The molecule has 3 rings (SSSR count). The van der Waals surface area contributed by atoms with E-state index in [4.69, 9.17) is 9.47 Å². The fourth-order valence-electron chi connectivity index (χ4n) is 2.55. The van der Waals surface area contributed by atoms with Crippen molar-refractivity contribution < 1.29 is 14.3 Å². The molecule has 2 aromatic rings. The van der Waals surface area contributed by atoms with Gasteiger partial charge in [0.25, 0.3) is 5.91 Å². The molecule has 0 saturated heterocycles. The molecule has 2 heterocycles. The zero-order valence-electron chi connectivity index (χ0n) is 14.5. The number of ether oxygens (including phenoxy) is 2. The monoisotopic (exact) mass is 343 g/mol. The van der Waals surface area contributed by atoms with Gasteiger partial charge >= 0.3 is 6.01 Å². The molecule has 8 heteroatoms. The lowest BCUT2D eigenvalue weighted by atomic mass is 10.0. The summed E-state index contributed by atoms with van der Waals surface area (Å²) in [6.07, 6.45) is 0.956. The number of nitrogens with one attached hydrogen (secondary N) is 1. The lowest BCUT2D eigenvalue weighted by Crippen LogP contribution is -2.40. The molecule has 8 nitrogen and oxygen atoms in total. The van der Waals surface area contributed by atoms with Gasteiger partial charge in [0.05, 0.1) is 13.7 Å². The van der Waals surface area contributed by atoms with E-state index >= 15 is 0 Å². The zero-order chi connectivity index (χ0) is 17.8. The van der Waals surface area contributed by atoms with Crippen LogP contribution in [-0.4, -0.2) is 48.2 Å². The number of carbonyl (C=O) groups is 1. The molecule has 0 aliphatic carbocycles. The number of hydrogen-bond acceptors (Lipinski definition) is 7. The van der Waals surface area contributed by atoms with E-state index in [0.717, 1.165) is 17.7 Å². The first kappa shape index (κ1) is 16.9. The van der Waals surface area contributed by atoms with Gasteiger partial charge in [0.1, 0.15) is 5.75 Å². The van der Waals surface area contributed by atoms with Crippen LogP contribution in [0.15, 0.2) is 24.3 Å². The SMILES string of the molecule is COc1nc(CNC(=O)[C@@H]2CCc3ccccc3O2)nc(N(C)C)n1. The van der Waals surface area contributed by atoms with Gasteiger partial charge in [-0.2, -0.15) is 15.0 Å². The Hall–Kier alpha value is -2.90. The Balaban J connectivity index is 1.64. The van der Waals surface area contributed by atoms with Crippen LogP contribution in [0.25, 0.3) is 0 Å². The third-order valence-corrected chi connectivity index (χ3v) is 3.86. The van der Waals surface area contributed by atoms with Crippen molar-refractivity contribution in [3.05, 3.63) is 35.7 Å². The highest BCUT2D eigenvalue weighted by Gasteiger charge is 2.25. The lowest BCUT2D eigenvalue weighted by molar-refractivity contribution is -0.128. The number of aryl methyl sites for hydroxylation is 1. The third kappa shape index (κ3) is 3.96. The Morgan fingerprint density at radius 2 is 2.12 bits per heavy atom. The number of hydrogen-bond donors (Lipinski definition) is 1. The van der Waals surface area contributed by atoms with E-state index in [2.05, 4.69) is 20.3 Å². The van der Waals surface area contributed by atoms with E-state index in [1.54, 1.807) is 4.90 Å². The molecule has 0 radical (unpaired) electrons. The Kier molecular flexibility index (Phi) is 4.97. The van der Waals surface area contributed by atoms with Crippen molar-refractivity contribution in [2.75, 3.05) is 26.1 Å². The Bertz CT molecular complexity index is 766. The van der Waals surface area contributed by atoms with Gasteiger partial charge in [-0.05, 0) is 24.5 Å². The summed E-state index contributed by atoms with van der Waals surface area (Å²) in [5.74, 6) is 1.49. The number of carbonyl (C=O) groups excluding carboxylic acids is 1. The molecule has 132 valence electrons. The molecule has 0 saturated carbocycles. The first-order chi connectivity index (χ1) is 12.1. The number of amides is 1. The molecule has 1 aromatic carbocycles. The Morgan fingerprint density at radius 3 is 2.88 bits per heavy atom. The fourth-order valence-corrected chi connectivity index (χ4v) is 2.55. The van der Waals surface area contributed by atoms with Crippen molar-refractivity contribution in [1.82, 2.24) is 20.3 Å². The van der Waals surface area contributed by atoms with Gasteiger partial charge in [-0.3, -0.25) is 4.79 Å². The zero-order valence-corrected chi connectivity index (χ0v) is 14.5. The Morgan fingerprint density at radius 1 is 1.32 bits per heavy atom. The number of nitrogens with zero attached hydrogens (tertiary/aromatic N) is 4. The smallest absolute Gasteiger partial charge is 0.321 e. The quantitative estimate of drug-likeness (QED) is 0.865. The van der Waals surface area contributed by atoms with Gasteiger partial charge in [-0.25, -0.2) is 0 Å². The summed E-state index contributed by atoms with van der Waals surface area (Å²) in [4.78, 5) is 26.8. The van der Waals surface area contributed by atoms with Crippen LogP contribution in [0, 0.1) is 0 Å². The summed E-state index contributed by atoms with van der Waals surface area (Å²) in [5, 5.41) is 2.83. The normalized spacial score (nSPS) is 15.7. The number of fused-ring (bicyclic) bond motifs is 1. The molecular weight excluding hydrogens is 322 g/mol. The van der Waals surface area contributed by atoms with Crippen molar-refractivity contribution >= 4 is 11.9 Å². The van der Waals surface area contributed by atoms with Gasteiger partial charge in [-0.15, -0.1) is 0 Å². The second-order valence-corrected chi connectivity index (χ2v) is 5.90. The highest BCUT2D eigenvalue weighted by molar-refractivity contribution is 5.81. The average Bonchev–Trinajstić information content (AvgIpc) is 2.65. The number of methoxy groups -OCH3 is 1. The minimum Gasteiger partial charge on any atom is -0.480 e. The van der Waals surface area contributed by atoms with E-state index < -0.39 is 6.10 Å². The summed E-state index contributed by atoms with van der Waals surface area (Å²) < 4.78 is 10.9. The maximum atomic E-state index is 12.4. The van der Waals surface area contributed by atoms with E-state index in [9.17, 15) is 4.79 Å². The summed E-state index contributed by atoms with van der Waals surface area (Å²) in [7, 11) is 5.14. The molecule has 0 bridgehead atoms. The summed E-state index contributed by atoms with van der Waals surface area (Å²) >= 11 is 0. The number of para-hydroxylation sites is 1. The van der Waals surface area contributed by atoms with Crippen LogP contribution in [0.1, 0.15) is 17.8 Å². The van der Waals surface area contributed by atoms with E-state index in [1.165, 1.54) is 7.11 Å². The number of aromatic nitrogens is 3. The molecule has 1 amide bonds. The molecule has 1 aliphatic rings. The van der Waals surface area contributed by atoms with Crippen LogP contribution >= 0.6 is 0 Å². The number of anilines is 1. The van der Waals surface area contributed by atoms with Gasteiger partial charge < -0.3 is 19.7 Å². The molecule has 1 aliphatic heterocycles. The van der Waals surface area contributed by atoms with Crippen LogP contribution in [0.2, 0.25) is 0 Å². The van der Waals surface area contributed by atoms with Crippen molar-refractivity contribution in [2.45, 2.75) is 25.5 Å². The topological polar surface area (TPSA) is 89.5 Å². The third-order valence-electron chi connectivity index (χ3n) is 3.86. The molecule has 0 unspecified atom stereocenters. The van der Waals surface area contributed by atoms with Crippen molar-refractivity contribution in [1.29, 1.82) is 0 Å². The average molecular weight is 343 g/mol. The minimum atomic E-state index is -0.507. The molecular formula is C17H21N5O3. The first-order valence-corrected chi connectivity index (χ1v) is 8.05. The molecule has 0 fully saturated rings. The number of rotatable bonds is 5. The van der Waals surface area contributed by atoms with Crippen LogP contribution in [0.4, 0.5) is 5.95 Å². The molecule has 1 atom stereocenters. The molecule has 0 spiro atoms. The lowest BCUT2D eigenvalue weighted by Gasteiger charge is -2.25. The minimum absolute atomic E-state index is 0.180. The second-order valence-electron chi connectivity index (χ2n) is 5.90. The summed E-state index contributed by atoms with van der Waals surface area (Å²) in [6, 6.07) is 7.99. The highest BCUT2D eigenvalue weighted by Crippen LogP contribution is 2.27. The first-order valence-electron chi connectivity index (χ1n) is 8.05. The van der Waals surface area contributed by atoms with E-state index in [-0.39, 0.29) is 18.5 Å². The summed E-state index contributed by atoms with van der Waals surface area (Å²) in [5.41, 5.74) is 1.13. The van der Waals surface area contributed by atoms with E-state index in [1.807, 2.05) is 38.4 Å². The van der Waals surface area contributed by atoms with Crippen molar-refractivity contribution in [3.63, 3.8) is 0 Å². The van der Waals surface area contributed by atoms with Crippen LogP contribution < -0.4 is 19.7 Å². The number of benzene rings is 1. The van der Waals surface area contributed by atoms with Gasteiger partial charge in [-0.1, -0.05) is 18.2 Å². The maximum Gasteiger partial charge on any atom is 0.321 e. The second kappa shape index (κ2) is 7.33. The molecule has 1 aromatic heterocycles. The van der Waals surface area contributed by atoms with E-state index in [0.29, 0.717) is 18.2 Å². The largest absolute Gasteiger partial charge is 0.480 e. The van der Waals surface area contributed by atoms with Gasteiger partial charge in [0, 0.05) is 14.1 Å². The van der Waals surface area contributed by atoms with Crippen LogP contribution in [-0.2, 0) is 17.8 Å². The maximum absolute atomic E-state index is 12.4. The Labute approximate surface area is 146 Å². The fraction of sp³-hybridized carbons (Fsp3) is 0.412. The van der Waals surface area contributed by atoms with Crippen LogP contribution in [0.3, 0.4) is 0 Å². The summed E-state index contributed by atoms with van der Waals surface area (Å²) in [6.45, 7) is 0.181. The molecule has 1 N–H and O–H groups in total. The van der Waals surface area contributed by atoms with Crippen molar-refractivity contribution in [3.8, 4) is 11.8 Å². The predicted molar refractivity (Wildman–Crippen MR) is 91.7 cm³/mol. The van der Waals surface area contributed by atoms with Crippen LogP contribution in [0.5, 0.6) is 11.8 Å². The van der Waals surface area contributed by atoms with Crippen molar-refractivity contribution in [2.24, 2.45) is 0 Å². The highest BCUT2D eigenvalue weighted by atomic mass is 16.5. The molecule has 25 heavy (non-hydrogen) atoms. The van der Waals surface area contributed by atoms with Gasteiger partial charge in [0.15, 0.2) is 11.9 Å². The van der Waals surface area contributed by atoms with Gasteiger partial charge in [0.2, 0.25) is 5.95 Å².